The molecule has 0 spiro atoms. The lowest BCUT2D eigenvalue weighted by molar-refractivity contribution is -0.871. The highest BCUT2D eigenvalue weighted by molar-refractivity contribution is 7.86. The predicted octanol–water partition coefficient (Wildman–Crippen LogP) is 7.47. The van der Waals surface area contributed by atoms with E-state index in [1.807, 2.05) is 83.2 Å². The number of benzene rings is 3. The van der Waals surface area contributed by atoms with Crippen LogP contribution in [0.25, 0.3) is 0 Å². The van der Waals surface area contributed by atoms with Crippen molar-refractivity contribution in [3.63, 3.8) is 0 Å². The van der Waals surface area contributed by atoms with E-state index in [9.17, 15) is 25.9 Å². The van der Waals surface area contributed by atoms with Crippen molar-refractivity contribution in [3.8, 4) is 5.75 Å². The molecule has 3 heterocycles. The zero-order valence-electron chi connectivity index (χ0n) is 37.9. The van der Waals surface area contributed by atoms with Gasteiger partial charge >= 0.3 is 0 Å². The molecule has 0 bridgehead atoms. The Bertz CT molecular complexity index is 2610. The first-order valence-corrected chi connectivity index (χ1v) is 23.7. The van der Waals surface area contributed by atoms with E-state index < -0.39 is 31.1 Å². The Morgan fingerprint density at radius 1 is 0.758 bits per heavy atom. The van der Waals surface area contributed by atoms with E-state index >= 15 is 0 Å². The van der Waals surface area contributed by atoms with Gasteiger partial charge in [0.1, 0.15) is 5.75 Å². The van der Waals surface area contributed by atoms with Crippen LogP contribution in [0.5, 0.6) is 5.75 Å². The van der Waals surface area contributed by atoms with Gasteiger partial charge in [-0.2, -0.15) is 21.4 Å². The topological polar surface area (TPSA) is 143 Å². The van der Waals surface area contributed by atoms with Crippen LogP contribution in [-0.4, -0.2) is 120 Å². The second kappa shape index (κ2) is 17.1. The Morgan fingerprint density at radius 2 is 1.35 bits per heavy atom. The van der Waals surface area contributed by atoms with Crippen molar-refractivity contribution >= 4 is 37.3 Å². The van der Waals surface area contributed by atoms with Gasteiger partial charge in [-0.3, -0.25) is 9.11 Å². The molecule has 3 aliphatic heterocycles. The quantitative estimate of drug-likeness (QED) is 0.0897. The monoisotopic (exact) mass is 891 g/mol. The number of quaternary nitrogens is 2. The van der Waals surface area contributed by atoms with Gasteiger partial charge in [0, 0.05) is 47.5 Å². The largest absolute Gasteiger partial charge is 0.453 e. The molecule has 0 amide bonds. The summed E-state index contributed by atoms with van der Waals surface area (Å²) in [6.07, 6.45) is 9.39. The average Bonchev–Trinajstić information content (AvgIpc) is 3.50. The van der Waals surface area contributed by atoms with Crippen LogP contribution >= 0.6 is 0 Å². The molecule has 0 saturated carbocycles. The van der Waals surface area contributed by atoms with Gasteiger partial charge in [0.25, 0.3) is 20.2 Å². The molecule has 15 heteroatoms. The Labute approximate surface area is 368 Å². The van der Waals surface area contributed by atoms with E-state index in [0.29, 0.717) is 36.1 Å². The van der Waals surface area contributed by atoms with Crippen LogP contribution in [-0.2, 0) is 40.5 Å². The van der Waals surface area contributed by atoms with Gasteiger partial charge in [0.05, 0.1) is 77.0 Å². The molecule has 0 aliphatic carbocycles. The molecule has 0 atom stereocenters. The van der Waals surface area contributed by atoms with Crippen molar-refractivity contribution in [1.29, 1.82) is 0 Å². The maximum atomic E-state index is 12.3. The van der Waals surface area contributed by atoms with Crippen LogP contribution in [0, 0.1) is 6.92 Å². The van der Waals surface area contributed by atoms with Crippen molar-refractivity contribution in [2.24, 2.45) is 0 Å². The summed E-state index contributed by atoms with van der Waals surface area (Å²) < 4.78 is 91.8. The minimum absolute atomic E-state index is 0.103. The predicted molar refractivity (Wildman–Crippen MR) is 242 cm³/mol. The Morgan fingerprint density at radius 3 is 1.97 bits per heavy atom. The molecular weight excluding hydrogens is 829 g/mol. The fourth-order valence-electron chi connectivity index (χ4n) is 8.31. The standard InChI is InChI=1S/C47H61N4O9S2/c1-33-14-16-34(17-15-33)60-45-41(22-24-43-46(2,3)37-30-35(61(52,53)54)18-20-39(37)48(43)26-12-28-50(6,7)8)58-32-59-42(45)23-25-44-47(4,5)38-31-36(62(55,56)57)19-21-40(38)49(44)27-13-29-51(9,10)11/h14-25,30-31H,12-13,26-29,32H2,1-11H3/q+1/p+2. The SMILES string of the molecule is Cc1ccc(OC2=C(/C=C/C3=[N+](CCC[N+](C)(C)C)c4ccc(S(=O)(=O)O)cc4C3(C)C)OCO/C2=C\C=C2\N(CCC[N+](C)(C)C)c3ccc(S(=O)(=O)O)cc3C2(C)C)cc1. The van der Waals surface area contributed by atoms with E-state index in [4.69, 9.17) is 14.2 Å². The molecule has 3 aliphatic rings. The van der Waals surface area contributed by atoms with E-state index in [0.717, 1.165) is 74.4 Å². The zero-order valence-corrected chi connectivity index (χ0v) is 39.5. The molecule has 0 unspecified atom stereocenters. The number of ether oxygens (including phenoxy) is 3. The third-order valence-corrected chi connectivity index (χ3v) is 13.3. The molecule has 6 rings (SSSR count). The number of aryl methyl sites for hydroxylation is 1. The van der Waals surface area contributed by atoms with Gasteiger partial charge in [0.15, 0.2) is 23.8 Å². The maximum Gasteiger partial charge on any atom is 0.294 e. The first kappa shape index (κ1) is 46.7. The van der Waals surface area contributed by atoms with Crippen LogP contribution in [0.3, 0.4) is 0 Å². The molecule has 0 fully saturated rings. The van der Waals surface area contributed by atoms with Gasteiger partial charge in [-0.25, -0.2) is 0 Å². The van der Waals surface area contributed by atoms with Crippen molar-refractivity contribution in [1.82, 2.24) is 0 Å². The highest BCUT2D eigenvalue weighted by Gasteiger charge is 2.45. The van der Waals surface area contributed by atoms with Crippen LogP contribution in [0.2, 0.25) is 0 Å². The maximum absolute atomic E-state index is 12.3. The van der Waals surface area contributed by atoms with Crippen LogP contribution in [0.1, 0.15) is 57.2 Å². The summed E-state index contributed by atoms with van der Waals surface area (Å²) in [6, 6.07) is 17.2. The summed E-state index contributed by atoms with van der Waals surface area (Å²) in [5.41, 5.74) is 4.83. The number of rotatable bonds is 15. The smallest absolute Gasteiger partial charge is 0.294 e. The normalized spacial score (nSPS) is 19.0. The van der Waals surface area contributed by atoms with Gasteiger partial charge in [-0.15, -0.1) is 0 Å². The number of fused-ring (bicyclic) bond motifs is 2. The van der Waals surface area contributed by atoms with Gasteiger partial charge in [-0.05, 0) is 87.0 Å². The highest BCUT2D eigenvalue weighted by Crippen LogP contribution is 2.49. The third-order valence-electron chi connectivity index (χ3n) is 11.6. The van der Waals surface area contributed by atoms with Crippen LogP contribution in [0.15, 0.2) is 118 Å². The summed E-state index contributed by atoms with van der Waals surface area (Å²) >= 11 is 0. The number of hydrogen-bond acceptors (Lipinski definition) is 8. The molecule has 62 heavy (non-hydrogen) atoms. The van der Waals surface area contributed by atoms with Crippen molar-refractivity contribution in [2.75, 3.05) is 80.2 Å². The molecule has 0 radical (unpaired) electrons. The van der Waals surface area contributed by atoms with Crippen LogP contribution in [0.4, 0.5) is 11.4 Å². The summed E-state index contributed by atoms with van der Waals surface area (Å²) in [7, 11) is 4.01. The second-order valence-corrected chi connectivity index (χ2v) is 22.3. The van der Waals surface area contributed by atoms with E-state index in [2.05, 4.69) is 51.8 Å². The minimum Gasteiger partial charge on any atom is -0.453 e. The molecule has 13 nitrogen and oxygen atoms in total. The lowest BCUT2D eigenvalue weighted by Gasteiger charge is -2.29. The fourth-order valence-corrected chi connectivity index (χ4v) is 9.32. The van der Waals surface area contributed by atoms with Gasteiger partial charge in [0.2, 0.25) is 18.2 Å². The number of hydrogen-bond donors (Lipinski definition) is 2. The second-order valence-electron chi connectivity index (χ2n) is 19.4. The Kier molecular flexibility index (Phi) is 12.9. The summed E-state index contributed by atoms with van der Waals surface area (Å²) in [4.78, 5) is 1.89. The molecule has 2 N–H and O–H groups in total. The highest BCUT2D eigenvalue weighted by atomic mass is 32.2. The summed E-state index contributed by atoms with van der Waals surface area (Å²) in [5.74, 6) is 1.73. The number of nitrogens with zero attached hydrogens (tertiary/aromatic N) is 4. The summed E-state index contributed by atoms with van der Waals surface area (Å²) in [6.45, 7) is 13.2. The van der Waals surface area contributed by atoms with Crippen LogP contribution < -0.4 is 9.64 Å². The molecule has 3 aromatic rings. The third kappa shape index (κ3) is 10.4. The lowest BCUT2D eigenvalue weighted by atomic mass is 9.81. The van der Waals surface area contributed by atoms with E-state index in [1.54, 1.807) is 24.3 Å². The van der Waals surface area contributed by atoms with Gasteiger partial charge in [-0.1, -0.05) is 31.5 Å². The number of allylic oxidation sites excluding steroid dienone is 5. The number of anilines is 1. The average molecular weight is 892 g/mol. The van der Waals surface area contributed by atoms with Gasteiger partial charge < -0.3 is 28.1 Å². The molecule has 3 aromatic carbocycles. The molecule has 0 saturated heterocycles. The minimum atomic E-state index is -4.43. The lowest BCUT2D eigenvalue weighted by Crippen LogP contribution is -2.37. The van der Waals surface area contributed by atoms with Crippen molar-refractivity contribution in [2.45, 2.75) is 68.1 Å². The first-order valence-electron chi connectivity index (χ1n) is 20.8. The Hall–Kier alpha value is -4.77. The molecular formula is C47H63N4O9S2+3. The van der Waals surface area contributed by atoms with Crippen molar-refractivity contribution in [3.05, 3.63) is 125 Å². The molecule has 334 valence electrons. The first-order chi connectivity index (χ1) is 28.7. The molecule has 0 aromatic heterocycles. The van der Waals surface area contributed by atoms with E-state index in [1.165, 1.54) is 12.1 Å². The Balaban J connectivity index is 1.47. The zero-order chi connectivity index (χ0) is 45.6. The van der Waals surface area contributed by atoms with E-state index in [-0.39, 0.29) is 16.6 Å². The fraction of sp³-hybridized carbons (Fsp3) is 0.426. The summed E-state index contributed by atoms with van der Waals surface area (Å²) in [5, 5.41) is 0. The van der Waals surface area contributed by atoms with Crippen molar-refractivity contribution < 1.29 is 53.7 Å².